The Kier molecular flexibility index (Phi) is 6.99. The number of benzene rings is 3. The fourth-order valence-corrected chi connectivity index (χ4v) is 3.25. The van der Waals surface area contributed by atoms with Crippen LogP contribution in [0.15, 0.2) is 60.7 Å². The predicted octanol–water partition coefficient (Wildman–Crippen LogP) is 3.96. The van der Waals surface area contributed by atoms with Gasteiger partial charge < -0.3 is 15.7 Å². The van der Waals surface area contributed by atoms with Crippen LogP contribution in [0.2, 0.25) is 0 Å². The Hall–Kier alpha value is -4.01. The summed E-state index contributed by atoms with van der Waals surface area (Å²) in [4.78, 5) is 40.8. The number of rotatable bonds is 7. The van der Waals surface area contributed by atoms with Gasteiger partial charge in [0.05, 0.1) is 11.1 Å². The zero-order valence-corrected chi connectivity index (χ0v) is 17.5. The van der Waals surface area contributed by atoms with Crippen molar-refractivity contribution in [1.82, 2.24) is 5.32 Å². The van der Waals surface area contributed by atoms with E-state index in [0.29, 0.717) is 27.9 Å². The standard InChI is InChI=1S/C24H22N2O6/c1-14-3-7-18(8-4-14)26-23(28)21-12-16(6-10-20(21)24(29)30)15-5-9-19(22(27)25-2)17(11-15)13-32-31/h3-12,31H,13H2,1-2H3,(H,25,27)(H,26,28)(H,29,30). The number of carboxylic acid groups (broad SMARTS) is 1. The molecular formula is C24H22N2O6. The van der Waals surface area contributed by atoms with Gasteiger partial charge in [0.15, 0.2) is 0 Å². The maximum Gasteiger partial charge on any atom is 0.336 e. The molecule has 0 aliphatic carbocycles. The summed E-state index contributed by atoms with van der Waals surface area (Å²) in [6, 6.07) is 16.4. The Morgan fingerprint density at radius 1 is 0.844 bits per heavy atom. The van der Waals surface area contributed by atoms with E-state index in [-0.39, 0.29) is 23.6 Å². The summed E-state index contributed by atoms with van der Waals surface area (Å²) in [5.41, 5.74) is 3.35. The number of carbonyl (C=O) groups excluding carboxylic acids is 2. The van der Waals surface area contributed by atoms with Crippen molar-refractivity contribution < 1.29 is 29.6 Å². The van der Waals surface area contributed by atoms with E-state index in [0.717, 1.165) is 5.56 Å². The summed E-state index contributed by atoms with van der Waals surface area (Å²) < 4.78 is 0. The van der Waals surface area contributed by atoms with Crippen LogP contribution in [-0.4, -0.2) is 35.2 Å². The number of hydrogen-bond acceptors (Lipinski definition) is 5. The molecule has 0 fully saturated rings. The van der Waals surface area contributed by atoms with Gasteiger partial charge in [0.25, 0.3) is 11.8 Å². The molecule has 32 heavy (non-hydrogen) atoms. The summed E-state index contributed by atoms with van der Waals surface area (Å²) >= 11 is 0. The van der Waals surface area contributed by atoms with Crippen molar-refractivity contribution in [1.29, 1.82) is 0 Å². The van der Waals surface area contributed by atoms with Crippen molar-refractivity contribution >= 4 is 23.5 Å². The predicted molar refractivity (Wildman–Crippen MR) is 119 cm³/mol. The maximum absolute atomic E-state index is 12.9. The van der Waals surface area contributed by atoms with Crippen LogP contribution in [0, 0.1) is 6.92 Å². The van der Waals surface area contributed by atoms with E-state index in [1.54, 1.807) is 36.4 Å². The van der Waals surface area contributed by atoms with Gasteiger partial charge in [0.2, 0.25) is 0 Å². The topological polar surface area (TPSA) is 125 Å². The second kappa shape index (κ2) is 9.86. The average Bonchev–Trinajstić information content (AvgIpc) is 2.79. The highest BCUT2D eigenvalue weighted by Crippen LogP contribution is 2.26. The lowest BCUT2D eigenvalue weighted by molar-refractivity contribution is -0.253. The largest absolute Gasteiger partial charge is 0.478 e. The van der Waals surface area contributed by atoms with Gasteiger partial charge in [-0.3, -0.25) is 14.8 Å². The molecule has 0 unspecified atom stereocenters. The molecule has 0 aliphatic rings. The molecule has 0 bridgehead atoms. The van der Waals surface area contributed by atoms with E-state index in [4.69, 9.17) is 5.26 Å². The van der Waals surface area contributed by atoms with Gasteiger partial charge in [0.1, 0.15) is 6.61 Å². The van der Waals surface area contributed by atoms with Crippen LogP contribution in [0.3, 0.4) is 0 Å². The molecule has 0 heterocycles. The number of carbonyl (C=O) groups is 3. The normalized spacial score (nSPS) is 10.5. The third-order valence-corrected chi connectivity index (χ3v) is 4.93. The van der Waals surface area contributed by atoms with E-state index < -0.39 is 11.9 Å². The molecule has 4 N–H and O–H groups in total. The maximum atomic E-state index is 12.9. The molecule has 8 heteroatoms. The minimum absolute atomic E-state index is 0.00842. The van der Waals surface area contributed by atoms with Crippen LogP contribution in [0.25, 0.3) is 11.1 Å². The van der Waals surface area contributed by atoms with Gasteiger partial charge >= 0.3 is 5.97 Å². The Morgan fingerprint density at radius 3 is 2.06 bits per heavy atom. The van der Waals surface area contributed by atoms with E-state index in [9.17, 15) is 19.5 Å². The first-order valence-corrected chi connectivity index (χ1v) is 9.71. The molecule has 0 saturated heterocycles. The molecule has 0 aliphatic heterocycles. The number of aryl methyl sites for hydroxylation is 1. The van der Waals surface area contributed by atoms with Crippen molar-refractivity contribution in [3.63, 3.8) is 0 Å². The van der Waals surface area contributed by atoms with Crippen LogP contribution >= 0.6 is 0 Å². The number of nitrogens with one attached hydrogen (secondary N) is 2. The van der Waals surface area contributed by atoms with Crippen LogP contribution < -0.4 is 10.6 Å². The molecule has 0 radical (unpaired) electrons. The van der Waals surface area contributed by atoms with Crippen molar-refractivity contribution in [3.05, 3.63) is 88.5 Å². The summed E-state index contributed by atoms with van der Waals surface area (Å²) in [6.45, 7) is 1.70. The number of carboxylic acids is 1. The van der Waals surface area contributed by atoms with Crippen LogP contribution in [0.5, 0.6) is 0 Å². The minimum atomic E-state index is -1.23. The smallest absolute Gasteiger partial charge is 0.336 e. The van der Waals surface area contributed by atoms with Gasteiger partial charge in [-0.25, -0.2) is 9.68 Å². The molecule has 0 atom stereocenters. The molecule has 2 amide bonds. The first-order chi connectivity index (χ1) is 15.3. The Morgan fingerprint density at radius 2 is 1.47 bits per heavy atom. The third kappa shape index (κ3) is 5.00. The highest BCUT2D eigenvalue weighted by Gasteiger charge is 2.19. The summed E-state index contributed by atoms with van der Waals surface area (Å²) in [7, 11) is 1.49. The first-order valence-electron chi connectivity index (χ1n) is 9.71. The van der Waals surface area contributed by atoms with E-state index in [1.165, 1.54) is 19.2 Å². The molecule has 3 rings (SSSR count). The molecule has 3 aromatic carbocycles. The lowest BCUT2D eigenvalue weighted by Gasteiger charge is -2.13. The van der Waals surface area contributed by atoms with Gasteiger partial charge in [0, 0.05) is 18.3 Å². The molecule has 0 saturated carbocycles. The molecule has 164 valence electrons. The zero-order valence-electron chi connectivity index (χ0n) is 17.5. The molecule has 8 nitrogen and oxygen atoms in total. The van der Waals surface area contributed by atoms with Gasteiger partial charge in [-0.15, -0.1) is 0 Å². The van der Waals surface area contributed by atoms with Gasteiger partial charge in [-0.1, -0.05) is 29.8 Å². The molecule has 0 aromatic heterocycles. The fraction of sp³-hybridized carbons (Fsp3) is 0.125. The van der Waals surface area contributed by atoms with Gasteiger partial charge in [-0.2, -0.15) is 0 Å². The fourth-order valence-electron chi connectivity index (χ4n) is 3.25. The van der Waals surface area contributed by atoms with Gasteiger partial charge in [-0.05, 0) is 60.0 Å². The van der Waals surface area contributed by atoms with E-state index in [1.807, 2.05) is 19.1 Å². The summed E-state index contributed by atoms with van der Waals surface area (Å²) in [5.74, 6) is -2.13. The first kappa shape index (κ1) is 22.7. The molecule has 0 spiro atoms. The Bertz CT molecular complexity index is 1170. The summed E-state index contributed by atoms with van der Waals surface area (Å²) in [5, 5.41) is 23.7. The summed E-state index contributed by atoms with van der Waals surface area (Å²) in [6.07, 6.45) is 0. The second-order valence-corrected chi connectivity index (χ2v) is 7.11. The number of aromatic carboxylic acids is 1. The number of anilines is 1. The highest BCUT2D eigenvalue weighted by molar-refractivity contribution is 6.11. The zero-order chi connectivity index (χ0) is 23.3. The quantitative estimate of drug-likeness (QED) is 0.330. The van der Waals surface area contributed by atoms with E-state index in [2.05, 4.69) is 15.5 Å². The lowest BCUT2D eigenvalue weighted by Crippen LogP contribution is -2.19. The van der Waals surface area contributed by atoms with Crippen molar-refractivity contribution in [2.45, 2.75) is 13.5 Å². The average molecular weight is 434 g/mol. The van der Waals surface area contributed by atoms with Crippen molar-refractivity contribution in [2.75, 3.05) is 12.4 Å². The number of hydrogen-bond donors (Lipinski definition) is 4. The van der Waals surface area contributed by atoms with E-state index >= 15 is 0 Å². The molecular weight excluding hydrogens is 412 g/mol. The van der Waals surface area contributed by atoms with Crippen molar-refractivity contribution in [3.8, 4) is 11.1 Å². The lowest BCUT2D eigenvalue weighted by atomic mass is 9.95. The third-order valence-electron chi connectivity index (χ3n) is 4.93. The Balaban J connectivity index is 2.02. The van der Waals surface area contributed by atoms with Crippen LogP contribution in [0.1, 0.15) is 42.2 Å². The minimum Gasteiger partial charge on any atom is -0.478 e. The van der Waals surface area contributed by atoms with Crippen LogP contribution in [-0.2, 0) is 11.5 Å². The molecule has 3 aromatic rings. The Labute approximate surface area is 184 Å². The SMILES string of the molecule is CNC(=O)c1ccc(-c2ccc(C(=O)O)c(C(=O)Nc3ccc(C)cc3)c2)cc1COO. The van der Waals surface area contributed by atoms with Crippen LogP contribution in [0.4, 0.5) is 5.69 Å². The number of amides is 2. The van der Waals surface area contributed by atoms with Crippen molar-refractivity contribution in [2.24, 2.45) is 0 Å². The monoisotopic (exact) mass is 434 g/mol. The second-order valence-electron chi connectivity index (χ2n) is 7.11. The highest BCUT2D eigenvalue weighted by atomic mass is 17.1.